The lowest BCUT2D eigenvalue weighted by Gasteiger charge is -2.36. The molecule has 3 saturated heterocycles. The highest BCUT2D eigenvalue weighted by molar-refractivity contribution is 6.06. The predicted molar refractivity (Wildman–Crippen MR) is 130 cm³/mol. The molecule has 39 heavy (non-hydrogen) atoms. The van der Waals surface area contributed by atoms with Crippen molar-refractivity contribution in [3.05, 3.63) is 29.3 Å². The van der Waals surface area contributed by atoms with Gasteiger partial charge in [0, 0.05) is 49.5 Å². The number of nitrogens with zero attached hydrogens (tertiary/aromatic N) is 3. The summed E-state index contributed by atoms with van der Waals surface area (Å²) < 4.78 is 44.2. The van der Waals surface area contributed by atoms with Gasteiger partial charge in [0.1, 0.15) is 6.04 Å². The second-order valence-corrected chi connectivity index (χ2v) is 10.4. The van der Waals surface area contributed by atoms with E-state index >= 15 is 0 Å². The summed E-state index contributed by atoms with van der Waals surface area (Å²) in [5, 5.41) is 3.20. The molecular weight excluding hydrogens is 521 g/mol. The van der Waals surface area contributed by atoms with Crippen LogP contribution < -0.4 is 10.2 Å². The molecular formula is C26H31F3N4O6. The van der Waals surface area contributed by atoms with Gasteiger partial charge in [-0.1, -0.05) is 6.07 Å². The Morgan fingerprint density at radius 1 is 1.03 bits per heavy atom. The number of hydrogen-bond donors (Lipinski definition) is 1. The number of hydrogen-bond acceptors (Lipinski definition) is 8. The van der Waals surface area contributed by atoms with Crippen molar-refractivity contribution in [3.8, 4) is 0 Å². The first-order valence-corrected chi connectivity index (χ1v) is 13.3. The monoisotopic (exact) mass is 552 g/mol. The topological polar surface area (TPSA) is 108 Å². The van der Waals surface area contributed by atoms with E-state index in [1.54, 1.807) is 12.1 Å². The first-order chi connectivity index (χ1) is 18.6. The maximum absolute atomic E-state index is 13.3. The number of benzene rings is 1. The van der Waals surface area contributed by atoms with Gasteiger partial charge in [-0.3, -0.25) is 14.4 Å². The van der Waals surface area contributed by atoms with E-state index in [0.717, 1.165) is 69.7 Å². The Kier molecular flexibility index (Phi) is 7.81. The molecule has 0 bridgehead atoms. The predicted octanol–water partition coefficient (Wildman–Crippen LogP) is 2.17. The van der Waals surface area contributed by atoms with Gasteiger partial charge in [-0.2, -0.15) is 13.2 Å². The van der Waals surface area contributed by atoms with E-state index in [2.05, 4.69) is 15.1 Å². The summed E-state index contributed by atoms with van der Waals surface area (Å²) in [6, 6.07) is 4.09. The third kappa shape index (κ3) is 5.74. The van der Waals surface area contributed by atoms with Crippen LogP contribution in [-0.4, -0.2) is 84.8 Å². The Morgan fingerprint density at radius 2 is 1.74 bits per heavy atom. The van der Waals surface area contributed by atoms with Crippen molar-refractivity contribution in [3.63, 3.8) is 0 Å². The number of carbonyl (C=O) groups is 4. The lowest BCUT2D eigenvalue weighted by Crippen LogP contribution is -2.55. The molecule has 1 unspecified atom stereocenters. The Balaban J connectivity index is 1.23. The lowest BCUT2D eigenvalue weighted by molar-refractivity contribution is -0.238. The number of carbonyl (C=O) groups excluding carboxylic acids is 4. The van der Waals surface area contributed by atoms with Crippen LogP contribution in [0.2, 0.25) is 0 Å². The van der Waals surface area contributed by atoms with E-state index in [-0.39, 0.29) is 30.6 Å². The summed E-state index contributed by atoms with van der Waals surface area (Å²) in [4.78, 5) is 57.1. The number of fused-ring (bicyclic) bond motifs is 1. The van der Waals surface area contributed by atoms with Gasteiger partial charge < -0.3 is 24.7 Å². The number of piperidine rings is 3. The van der Waals surface area contributed by atoms with Crippen molar-refractivity contribution in [1.29, 1.82) is 0 Å². The fourth-order valence-electron chi connectivity index (χ4n) is 5.73. The second kappa shape index (κ2) is 11.1. The highest BCUT2D eigenvalue weighted by atomic mass is 19.4. The van der Waals surface area contributed by atoms with E-state index in [0.29, 0.717) is 11.5 Å². The van der Waals surface area contributed by atoms with Gasteiger partial charge >= 0.3 is 12.1 Å². The van der Waals surface area contributed by atoms with Crippen molar-refractivity contribution in [1.82, 2.24) is 15.3 Å². The number of hydroxylamine groups is 2. The molecule has 0 aliphatic carbocycles. The number of imide groups is 1. The van der Waals surface area contributed by atoms with Crippen molar-refractivity contribution in [2.75, 3.05) is 37.7 Å². The van der Waals surface area contributed by atoms with Gasteiger partial charge in [0.25, 0.3) is 17.7 Å². The molecule has 4 heterocycles. The molecule has 0 saturated carbocycles. The zero-order valence-electron chi connectivity index (χ0n) is 21.4. The number of alkyl halides is 3. The van der Waals surface area contributed by atoms with Crippen molar-refractivity contribution in [2.45, 2.75) is 63.4 Å². The van der Waals surface area contributed by atoms with Gasteiger partial charge in [0.05, 0.1) is 6.10 Å². The molecule has 4 aliphatic heterocycles. The molecule has 1 aromatic carbocycles. The Bertz CT molecular complexity index is 1130. The molecule has 1 atom stereocenters. The smallest absolute Gasteiger partial charge is 0.378 e. The normalized spacial score (nSPS) is 23.4. The van der Waals surface area contributed by atoms with E-state index < -0.39 is 35.9 Å². The highest BCUT2D eigenvalue weighted by Crippen LogP contribution is 2.36. The second-order valence-electron chi connectivity index (χ2n) is 10.4. The fraction of sp³-hybridized carbons (Fsp3) is 0.615. The standard InChI is InChI=1S/C26H31F3N4O6/c27-26(28,29)25(37)39-33-22(34)5-4-21(24(33)36)32-14-19-18(23(32)35)2-1-3-20(19)31-12-8-17(9-13-31)38-15-16-6-10-30-11-7-16/h1-3,16-17,21,30H,4-15H2. The molecule has 5 rings (SSSR count). The lowest BCUT2D eigenvalue weighted by atomic mass is 9.99. The van der Waals surface area contributed by atoms with Crippen LogP contribution in [0.3, 0.4) is 0 Å². The molecule has 3 amide bonds. The fourth-order valence-corrected chi connectivity index (χ4v) is 5.73. The van der Waals surface area contributed by atoms with Gasteiger partial charge in [-0.25, -0.2) is 4.79 Å². The SMILES string of the molecule is O=C1CCC(N2Cc3c(cccc3N3CCC(OCC4CCNCC4)CC3)C2=O)C(=O)N1OC(=O)C(F)(F)F. The van der Waals surface area contributed by atoms with Crippen LogP contribution in [0.1, 0.15) is 54.4 Å². The Labute approximate surface area is 223 Å². The van der Waals surface area contributed by atoms with Gasteiger partial charge in [-0.15, -0.1) is 5.06 Å². The molecule has 212 valence electrons. The minimum absolute atomic E-state index is 0.0577. The number of nitrogens with one attached hydrogen (secondary N) is 1. The zero-order valence-corrected chi connectivity index (χ0v) is 21.4. The summed E-state index contributed by atoms with van der Waals surface area (Å²) in [5.41, 5.74) is 1.99. The maximum atomic E-state index is 13.3. The molecule has 0 spiro atoms. The van der Waals surface area contributed by atoms with Crippen LogP contribution in [0.5, 0.6) is 0 Å². The summed E-state index contributed by atoms with van der Waals surface area (Å²) in [6.45, 7) is 4.35. The molecule has 0 aromatic heterocycles. The van der Waals surface area contributed by atoms with Crippen molar-refractivity contribution >= 4 is 29.4 Å². The summed E-state index contributed by atoms with van der Waals surface area (Å²) >= 11 is 0. The van der Waals surface area contributed by atoms with Gasteiger partial charge in [0.15, 0.2) is 0 Å². The Hall–Kier alpha value is -3.19. The summed E-state index contributed by atoms with van der Waals surface area (Å²) in [7, 11) is 0. The largest absolute Gasteiger partial charge is 0.493 e. The van der Waals surface area contributed by atoms with E-state index in [1.165, 1.54) is 4.90 Å². The van der Waals surface area contributed by atoms with Crippen LogP contribution >= 0.6 is 0 Å². The van der Waals surface area contributed by atoms with Gasteiger partial charge in [0.2, 0.25) is 0 Å². The zero-order chi connectivity index (χ0) is 27.7. The average molecular weight is 553 g/mol. The van der Waals surface area contributed by atoms with Crippen LogP contribution in [0.15, 0.2) is 18.2 Å². The van der Waals surface area contributed by atoms with E-state index in [4.69, 9.17) is 4.74 Å². The summed E-state index contributed by atoms with van der Waals surface area (Å²) in [5.74, 6) is -4.78. The number of halogens is 3. The third-order valence-electron chi connectivity index (χ3n) is 7.91. The van der Waals surface area contributed by atoms with Crippen LogP contribution in [0.4, 0.5) is 18.9 Å². The van der Waals surface area contributed by atoms with Crippen LogP contribution in [0.25, 0.3) is 0 Å². The molecule has 1 aromatic rings. The number of amides is 3. The Morgan fingerprint density at radius 3 is 2.44 bits per heavy atom. The minimum Gasteiger partial charge on any atom is -0.378 e. The van der Waals surface area contributed by atoms with E-state index in [1.807, 2.05) is 6.07 Å². The average Bonchev–Trinajstić information content (AvgIpc) is 3.26. The minimum atomic E-state index is -5.38. The molecule has 13 heteroatoms. The maximum Gasteiger partial charge on any atom is 0.493 e. The molecule has 10 nitrogen and oxygen atoms in total. The molecule has 4 aliphatic rings. The third-order valence-corrected chi connectivity index (χ3v) is 7.91. The summed E-state index contributed by atoms with van der Waals surface area (Å²) in [6.07, 6.45) is -1.70. The van der Waals surface area contributed by atoms with Crippen molar-refractivity contribution < 1.29 is 41.9 Å². The van der Waals surface area contributed by atoms with Crippen molar-refractivity contribution in [2.24, 2.45) is 5.92 Å². The number of anilines is 1. The van der Waals surface area contributed by atoms with Crippen LogP contribution in [-0.2, 0) is 30.5 Å². The number of ether oxygens (including phenoxy) is 1. The van der Waals surface area contributed by atoms with E-state index in [9.17, 15) is 32.3 Å². The van der Waals surface area contributed by atoms with Crippen LogP contribution in [0, 0.1) is 5.92 Å². The molecule has 3 fully saturated rings. The number of rotatable bonds is 6. The highest BCUT2D eigenvalue weighted by Gasteiger charge is 2.49. The quantitative estimate of drug-likeness (QED) is 0.535. The first-order valence-electron chi connectivity index (χ1n) is 13.3. The first kappa shape index (κ1) is 27.4. The molecule has 1 N–H and O–H groups in total. The molecule has 0 radical (unpaired) electrons. The van der Waals surface area contributed by atoms with Gasteiger partial charge in [-0.05, 0) is 63.2 Å².